The fourth-order valence-electron chi connectivity index (χ4n) is 3.08. The number of likely N-dealkylation sites (N-methyl/N-ethyl adjacent to an activating group) is 1. The van der Waals surface area contributed by atoms with Crippen LogP contribution in [0.1, 0.15) is 40.1 Å². The number of Topliss-reactive ketones (excluding diaryl/α,β-unsaturated/α-hetero) is 2. The van der Waals surface area contributed by atoms with Crippen LogP contribution in [0, 0.1) is 0 Å². The van der Waals surface area contributed by atoms with Crippen LogP contribution in [0.25, 0.3) is 5.57 Å². The highest BCUT2D eigenvalue weighted by Gasteiger charge is 2.34. The highest BCUT2D eigenvalue weighted by molar-refractivity contribution is 6.40. The van der Waals surface area contributed by atoms with Gasteiger partial charge in [-0.05, 0) is 19.4 Å². The van der Waals surface area contributed by atoms with E-state index in [4.69, 9.17) is 0 Å². The average molecular weight is 305 g/mol. The zero-order valence-electron chi connectivity index (χ0n) is 13.4. The molecular weight excluding hydrogens is 286 g/mol. The Bertz CT molecular complexity index is 786. The van der Waals surface area contributed by atoms with E-state index in [0.717, 1.165) is 5.56 Å². The summed E-state index contributed by atoms with van der Waals surface area (Å²) < 4.78 is 0. The number of hydrogen-bond donors (Lipinski definition) is 0. The number of ketones is 2. The minimum Gasteiger partial charge on any atom is -0.368 e. The van der Waals surface area contributed by atoms with Crippen molar-refractivity contribution in [3.63, 3.8) is 0 Å². The molecule has 3 heteroatoms. The summed E-state index contributed by atoms with van der Waals surface area (Å²) in [7, 11) is 0. The Balaban J connectivity index is 2.29. The number of carbonyl (C=O) groups is 2. The van der Waals surface area contributed by atoms with Crippen molar-refractivity contribution in [3.8, 4) is 0 Å². The Morgan fingerprint density at radius 3 is 1.83 bits per heavy atom. The van der Waals surface area contributed by atoms with Crippen molar-refractivity contribution in [2.75, 3.05) is 13.1 Å². The first-order chi connectivity index (χ1) is 11.2. The third-order valence-corrected chi connectivity index (χ3v) is 4.24. The molecule has 1 aliphatic rings. The Labute approximate surface area is 136 Å². The molecule has 0 unspecified atom stereocenters. The van der Waals surface area contributed by atoms with E-state index in [2.05, 4.69) is 0 Å². The van der Waals surface area contributed by atoms with E-state index in [1.165, 1.54) is 0 Å². The maximum absolute atomic E-state index is 13.1. The molecule has 2 aromatic carbocycles. The molecule has 0 N–H and O–H groups in total. The molecular formula is C20H19NO2. The summed E-state index contributed by atoms with van der Waals surface area (Å²) in [5.74, 6) is -0.143. The van der Waals surface area contributed by atoms with Gasteiger partial charge in [0.05, 0.1) is 11.3 Å². The van der Waals surface area contributed by atoms with Crippen molar-refractivity contribution < 1.29 is 9.59 Å². The maximum Gasteiger partial charge on any atom is 0.210 e. The quantitative estimate of drug-likeness (QED) is 0.862. The second kappa shape index (κ2) is 6.21. The van der Waals surface area contributed by atoms with E-state index in [9.17, 15) is 9.59 Å². The molecule has 23 heavy (non-hydrogen) atoms. The molecule has 0 amide bonds. The highest BCUT2D eigenvalue weighted by atomic mass is 16.1. The third-order valence-electron chi connectivity index (χ3n) is 4.24. The standard InChI is InChI=1S/C20H19NO2/c1-3-21(4-2)18-17(14-10-6-5-7-11-14)19(22)15-12-8-9-13-16(15)20(18)23/h5-13H,3-4H2,1-2H3. The van der Waals surface area contributed by atoms with Gasteiger partial charge < -0.3 is 4.90 Å². The zero-order valence-corrected chi connectivity index (χ0v) is 13.4. The van der Waals surface area contributed by atoms with Crippen LogP contribution in [0.4, 0.5) is 0 Å². The summed E-state index contributed by atoms with van der Waals surface area (Å²) in [6, 6.07) is 16.5. The molecule has 0 heterocycles. The molecule has 0 radical (unpaired) electrons. The molecule has 2 aromatic rings. The van der Waals surface area contributed by atoms with Gasteiger partial charge in [0.25, 0.3) is 0 Å². The van der Waals surface area contributed by atoms with Gasteiger partial charge in [0.15, 0.2) is 5.78 Å². The van der Waals surface area contributed by atoms with Crippen molar-refractivity contribution in [2.24, 2.45) is 0 Å². The lowest BCUT2D eigenvalue weighted by Gasteiger charge is -2.30. The van der Waals surface area contributed by atoms with Gasteiger partial charge in [-0.3, -0.25) is 9.59 Å². The monoisotopic (exact) mass is 305 g/mol. The number of hydrogen-bond acceptors (Lipinski definition) is 3. The predicted octanol–water partition coefficient (Wildman–Crippen LogP) is 3.82. The average Bonchev–Trinajstić information content (AvgIpc) is 2.61. The fourth-order valence-corrected chi connectivity index (χ4v) is 3.08. The van der Waals surface area contributed by atoms with Gasteiger partial charge in [-0.2, -0.15) is 0 Å². The summed E-state index contributed by atoms with van der Waals surface area (Å²) in [6.45, 7) is 5.36. The summed E-state index contributed by atoms with van der Waals surface area (Å²) >= 11 is 0. The van der Waals surface area contributed by atoms with Crippen molar-refractivity contribution >= 4 is 17.1 Å². The van der Waals surface area contributed by atoms with Crippen molar-refractivity contribution in [3.05, 3.63) is 77.0 Å². The van der Waals surface area contributed by atoms with Crippen LogP contribution in [0.5, 0.6) is 0 Å². The molecule has 3 nitrogen and oxygen atoms in total. The van der Waals surface area contributed by atoms with E-state index in [1.807, 2.05) is 49.1 Å². The van der Waals surface area contributed by atoms with Crippen LogP contribution in [-0.2, 0) is 0 Å². The summed E-state index contributed by atoms with van der Waals surface area (Å²) in [4.78, 5) is 28.1. The molecule has 0 saturated heterocycles. The lowest BCUT2D eigenvalue weighted by atomic mass is 9.83. The van der Waals surface area contributed by atoms with Crippen molar-refractivity contribution in [1.29, 1.82) is 0 Å². The molecule has 0 bridgehead atoms. The largest absolute Gasteiger partial charge is 0.368 e. The Morgan fingerprint density at radius 2 is 1.26 bits per heavy atom. The van der Waals surface area contributed by atoms with E-state index in [-0.39, 0.29) is 11.6 Å². The van der Waals surface area contributed by atoms with Gasteiger partial charge in [-0.1, -0.05) is 54.6 Å². The molecule has 0 atom stereocenters. The molecule has 0 spiro atoms. The first-order valence-electron chi connectivity index (χ1n) is 7.92. The van der Waals surface area contributed by atoms with Gasteiger partial charge in [0.2, 0.25) is 5.78 Å². The third kappa shape index (κ3) is 2.48. The number of allylic oxidation sites excluding steroid dienone is 2. The molecule has 0 aliphatic heterocycles. The molecule has 1 aliphatic carbocycles. The second-order valence-electron chi connectivity index (χ2n) is 5.47. The van der Waals surface area contributed by atoms with Crippen LogP contribution in [0.15, 0.2) is 60.3 Å². The van der Waals surface area contributed by atoms with Gasteiger partial charge >= 0.3 is 0 Å². The number of rotatable bonds is 4. The molecule has 0 fully saturated rings. The van der Waals surface area contributed by atoms with Crippen molar-refractivity contribution in [2.45, 2.75) is 13.8 Å². The fraction of sp³-hybridized carbons (Fsp3) is 0.200. The van der Waals surface area contributed by atoms with Crippen LogP contribution in [-0.4, -0.2) is 29.6 Å². The van der Waals surface area contributed by atoms with Gasteiger partial charge in [-0.25, -0.2) is 0 Å². The highest BCUT2D eigenvalue weighted by Crippen LogP contribution is 2.33. The lowest BCUT2D eigenvalue weighted by molar-refractivity contribution is 0.0961. The smallest absolute Gasteiger partial charge is 0.210 e. The number of carbonyl (C=O) groups excluding carboxylic acids is 2. The summed E-state index contributed by atoms with van der Waals surface area (Å²) in [6.07, 6.45) is 0. The normalized spacial score (nSPS) is 14.0. The zero-order chi connectivity index (χ0) is 16.4. The maximum atomic E-state index is 13.1. The van der Waals surface area contributed by atoms with Gasteiger partial charge in [-0.15, -0.1) is 0 Å². The SMILES string of the molecule is CCN(CC)C1=C(c2ccccc2)C(=O)c2ccccc2C1=O. The summed E-state index contributed by atoms with van der Waals surface area (Å²) in [5.41, 5.74) is 2.82. The van der Waals surface area contributed by atoms with E-state index >= 15 is 0 Å². The number of benzene rings is 2. The minimum absolute atomic E-state index is 0.0669. The molecule has 0 aromatic heterocycles. The van der Waals surface area contributed by atoms with Gasteiger partial charge in [0.1, 0.15) is 0 Å². The summed E-state index contributed by atoms with van der Waals surface area (Å²) in [5, 5.41) is 0. The van der Waals surface area contributed by atoms with Crippen LogP contribution >= 0.6 is 0 Å². The van der Waals surface area contributed by atoms with Crippen molar-refractivity contribution in [1.82, 2.24) is 4.90 Å². The Hall–Kier alpha value is -2.68. The predicted molar refractivity (Wildman–Crippen MR) is 91.4 cm³/mol. The first-order valence-corrected chi connectivity index (χ1v) is 7.92. The first kappa shape index (κ1) is 15.2. The Kier molecular flexibility index (Phi) is 4.11. The minimum atomic E-state index is -0.0756. The van der Waals surface area contributed by atoms with E-state index in [1.54, 1.807) is 24.3 Å². The lowest BCUT2D eigenvalue weighted by Crippen LogP contribution is -2.33. The number of fused-ring (bicyclic) bond motifs is 1. The number of nitrogens with zero attached hydrogens (tertiary/aromatic N) is 1. The molecule has 116 valence electrons. The van der Waals surface area contributed by atoms with Crippen LogP contribution < -0.4 is 0 Å². The van der Waals surface area contributed by atoms with Crippen LogP contribution in [0.2, 0.25) is 0 Å². The van der Waals surface area contributed by atoms with Gasteiger partial charge in [0, 0.05) is 24.2 Å². The topological polar surface area (TPSA) is 37.4 Å². The second-order valence-corrected chi connectivity index (χ2v) is 5.47. The van der Waals surface area contributed by atoms with E-state index < -0.39 is 0 Å². The Morgan fingerprint density at radius 1 is 0.739 bits per heavy atom. The van der Waals surface area contributed by atoms with E-state index in [0.29, 0.717) is 35.5 Å². The molecule has 0 saturated carbocycles. The van der Waals surface area contributed by atoms with Crippen LogP contribution in [0.3, 0.4) is 0 Å². The molecule has 3 rings (SSSR count).